The first-order valence-electron chi connectivity index (χ1n) is 9.80. The molecule has 3 rings (SSSR count). The molecule has 1 aromatic rings. The van der Waals surface area contributed by atoms with Crippen LogP contribution in [-0.4, -0.2) is 47.9 Å². The second-order valence-corrected chi connectivity index (χ2v) is 8.26. The molecule has 2 saturated heterocycles. The smallest absolute Gasteiger partial charge is 0.317 e. The normalized spacial score (nSPS) is 23.7. The lowest BCUT2D eigenvalue weighted by Gasteiger charge is -2.48. The molecule has 1 atom stereocenters. The molecule has 0 saturated carbocycles. The maximum absolute atomic E-state index is 12.6. The number of carbonyl (C=O) groups is 2. The number of amides is 3. The molecule has 0 aromatic carbocycles. The number of furan rings is 1. The fourth-order valence-corrected chi connectivity index (χ4v) is 4.12. The van der Waals surface area contributed by atoms with E-state index in [-0.39, 0.29) is 17.4 Å². The summed E-state index contributed by atoms with van der Waals surface area (Å²) in [7, 11) is 0. The van der Waals surface area contributed by atoms with Crippen molar-refractivity contribution in [3.05, 3.63) is 24.2 Å². The van der Waals surface area contributed by atoms with Crippen molar-refractivity contribution < 1.29 is 14.0 Å². The Kier molecular flexibility index (Phi) is 5.89. The molecule has 2 fully saturated rings. The van der Waals surface area contributed by atoms with Crippen molar-refractivity contribution >= 4 is 11.9 Å². The van der Waals surface area contributed by atoms with E-state index in [0.717, 1.165) is 57.6 Å². The van der Waals surface area contributed by atoms with E-state index in [4.69, 9.17) is 4.42 Å². The van der Waals surface area contributed by atoms with E-state index < -0.39 is 0 Å². The SMILES string of the molecule is CC(C)CCN1C[C@@]2(CCCN(C(=O)NCc3ccco3)C2)CCC1=O. The van der Waals surface area contributed by atoms with Crippen LogP contribution in [0.3, 0.4) is 0 Å². The molecule has 1 N–H and O–H groups in total. The first-order chi connectivity index (χ1) is 12.5. The summed E-state index contributed by atoms with van der Waals surface area (Å²) >= 11 is 0. The van der Waals surface area contributed by atoms with Crippen LogP contribution in [0.2, 0.25) is 0 Å². The molecule has 0 aliphatic carbocycles. The van der Waals surface area contributed by atoms with E-state index in [1.165, 1.54) is 0 Å². The van der Waals surface area contributed by atoms with Gasteiger partial charge in [0.15, 0.2) is 0 Å². The van der Waals surface area contributed by atoms with Gasteiger partial charge in [-0.1, -0.05) is 13.8 Å². The van der Waals surface area contributed by atoms with E-state index in [0.29, 0.717) is 18.9 Å². The number of nitrogens with zero attached hydrogens (tertiary/aromatic N) is 2. The number of rotatable bonds is 5. The largest absolute Gasteiger partial charge is 0.467 e. The summed E-state index contributed by atoms with van der Waals surface area (Å²) in [5, 5.41) is 2.95. The summed E-state index contributed by atoms with van der Waals surface area (Å²) in [5.74, 6) is 1.62. The van der Waals surface area contributed by atoms with Gasteiger partial charge in [0.25, 0.3) is 0 Å². The minimum atomic E-state index is -0.0360. The van der Waals surface area contributed by atoms with Gasteiger partial charge in [0.1, 0.15) is 5.76 Å². The zero-order chi connectivity index (χ0) is 18.6. The average molecular weight is 361 g/mol. The van der Waals surface area contributed by atoms with Gasteiger partial charge in [0, 0.05) is 38.0 Å². The molecule has 1 spiro atoms. The molecule has 0 radical (unpaired) electrons. The van der Waals surface area contributed by atoms with E-state index >= 15 is 0 Å². The molecular weight excluding hydrogens is 330 g/mol. The third-order valence-corrected chi connectivity index (χ3v) is 5.67. The van der Waals surface area contributed by atoms with Crippen LogP contribution in [0.1, 0.15) is 51.7 Å². The van der Waals surface area contributed by atoms with Gasteiger partial charge in [-0.25, -0.2) is 4.79 Å². The molecule has 1 aromatic heterocycles. The monoisotopic (exact) mass is 361 g/mol. The van der Waals surface area contributed by atoms with Gasteiger partial charge >= 0.3 is 6.03 Å². The predicted molar refractivity (Wildman–Crippen MR) is 99.5 cm³/mol. The lowest BCUT2D eigenvalue weighted by molar-refractivity contribution is -0.139. The van der Waals surface area contributed by atoms with Crippen molar-refractivity contribution in [2.45, 2.75) is 52.5 Å². The molecule has 6 heteroatoms. The van der Waals surface area contributed by atoms with Gasteiger partial charge in [0.2, 0.25) is 5.91 Å². The summed E-state index contributed by atoms with van der Waals surface area (Å²) in [6.07, 6.45) is 6.25. The van der Waals surface area contributed by atoms with Crippen LogP contribution in [0.4, 0.5) is 4.79 Å². The van der Waals surface area contributed by atoms with Gasteiger partial charge < -0.3 is 19.5 Å². The Morgan fingerprint density at radius 2 is 2.19 bits per heavy atom. The fourth-order valence-electron chi connectivity index (χ4n) is 4.12. The van der Waals surface area contributed by atoms with Gasteiger partial charge in [0.05, 0.1) is 12.8 Å². The third kappa shape index (κ3) is 4.59. The maximum atomic E-state index is 12.6. The molecule has 3 amide bonds. The first kappa shape index (κ1) is 18.8. The maximum Gasteiger partial charge on any atom is 0.317 e. The number of nitrogens with one attached hydrogen (secondary N) is 1. The van der Waals surface area contributed by atoms with Crippen LogP contribution >= 0.6 is 0 Å². The molecule has 2 aliphatic heterocycles. The highest BCUT2D eigenvalue weighted by Crippen LogP contribution is 2.39. The zero-order valence-corrected chi connectivity index (χ0v) is 16.0. The van der Waals surface area contributed by atoms with E-state index in [2.05, 4.69) is 19.2 Å². The quantitative estimate of drug-likeness (QED) is 0.875. The standard InChI is InChI=1S/C20H31N3O3/c1-16(2)7-11-22-14-20(9-6-18(22)24)8-4-10-23(15-20)19(25)21-13-17-5-3-12-26-17/h3,5,12,16H,4,6-11,13-15H2,1-2H3,(H,21,25)/t20-/m1/s1. The highest BCUT2D eigenvalue weighted by molar-refractivity contribution is 5.77. The molecule has 26 heavy (non-hydrogen) atoms. The van der Waals surface area contributed by atoms with Crippen LogP contribution in [0.15, 0.2) is 22.8 Å². The molecular formula is C20H31N3O3. The lowest BCUT2D eigenvalue weighted by atomic mass is 9.73. The Morgan fingerprint density at radius 1 is 1.35 bits per heavy atom. The van der Waals surface area contributed by atoms with Crippen LogP contribution in [-0.2, 0) is 11.3 Å². The number of carbonyl (C=O) groups excluding carboxylic acids is 2. The summed E-state index contributed by atoms with van der Waals surface area (Å²) < 4.78 is 5.28. The molecule has 0 bridgehead atoms. The summed E-state index contributed by atoms with van der Waals surface area (Å²) in [4.78, 5) is 28.8. The Balaban J connectivity index is 1.57. The number of hydrogen-bond acceptors (Lipinski definition) is 3. The molecule has 0 unspecified atom stereocenters. The Hall–Kier alpha value is -1.98. The van der Waals surface area contributed by atoms with E-state index in [1.807, 2.05) is 21.9 Å². The lowest BCUT2D eigenvalue weighted by Crippen LogP contribution is -2.56. The van der Waals surface area contributed by atoms with Gasteiger partial charge in [-0.2, -0.15) is 0 Å². The summed E-state index contributed by atoms with van der Waals surface area (Å²) in [5.41, 5.74) is 0.0607. The van der Waals surface area contributed by atoms with E-state index in [9.17, 15) is 9.59 Å². The number of piperidine rings is 2. The van der Waals surface area contributed by atoms with Crippen molar-refractivity contribution in [1.82, 2.24) is 15.1 Å². The Bertz CT molecular complexity index is 614. The second kappa shape index (κ2) is 8.14. The zero-order valence-electron chi connectivity index (χ0n) is 16.0. The van der Waals surface area contributed by atoms with E-state index in [1.54, 1.807) is 6.26 Å². The van der Waals surface area contributed by atoms with Crippen molar-refractivity contribution in [1.29, 1.82) is 0 Å². The van der Waals surface area contributed by atoms with Gasteiger partial charge in [-0.05, 0) is 43.7 Å². The second-order valence-electron chi connectivity index (χ2n) is 8.26. The van der Waals surface area contributed by atoms with Crippen molar-refractivity contribution in [3.63, 3.8) is 0 Å². The summed E-state index contributed by atoms with van der Waals surface area (Å²) in [6, 6.07) is 3.64. The molecule has 6 nitrogen and oxygen atoms in total. The number of urea groups is 1. The molecule has 2 aliphatic rings. The first-order valence-corrected chi connectivity index (χ1v) is 9.80. The highest BCUT2D eigenvalue weighted by atomic mass is 16.3. The average Bonchev–Trinajstić information content (AvgIpc) is 3.14. The highest BCUT2D eigenvalue weighted by Gasteiger charge is 2.42. The van der Waals surface area contributed by atoms with Crippen LogP contribution in [0, 0.1) is 11.3 Å². The van der Waals surface area contributed by atoms with Crippen molar-refractivity contribution in [2.24, 2.45) is 11.3 Å². The Labute approximate surface area is 155 Å². The van der Waals surface area contributed by atoms with Crippen molar-refractivity contribution in [3.8, 4) is 0 Å². The number of likely N-dealkylation sites (tertiary alicyclic amines) is 2. The fraction of sp³-hybridized carbons (Fsp3) is 0.700. The third-order valence-electron chi connectivity index (χ3n) is 5.67. The predicted octanol–water partition coefficient (Wildman–Crippen LogP) is 3.24. The summed E-state index contributed by atoms with van der Waals surface area (Å²) in [6.45, 7) is 7.94. The molecule has 3 heterocycles. The molecule has 144 valence electrons. The minimum absolute atomic E-state index is 0.0360. The van der Waals surface area contributed by atoms with Crippen LogP contribution in [0.5, 0.6) is 0 Å². The van der Waals surface area contributed by atoms with Crippen LogP contribution in [0.25, 0.3) is 0 Å². The number of hydrogen-bond donors (Lipinski definition) is 1. The van der Waals surface area contributed by atoms with Crippen LogP contribution < -0.4 is 5.32 Å². The van der Waals surface area contributed by atoms with Gasteiger partial charge in [-0.15, -0.1) is 0 Å². The van der Waals surface area contributed by atoms with Gasteiger partial charge in [-0.3, -0.25) is 4.79 Å². The van der Waals surface area contributed by atoms with Crippen molar-refractivity contribution in [2.75, 3.05) is 26.2 Å². The minimum Gasteiger partial charge on any atom is -0.467 e. The Morgan fingerprint density at radius 3 is 2.92 bits per heavy atom. The topological polar surface area (TPSA) is 65.8 Å².